The standard InChI is InChI=1S/C14H22BrNO3/c1-2-18-6-7-19-11-14(17)10-16-9-12-4-3-5-13(15)8-12/h3-5,8,14,16-17H,2,6-7,9-11H2,1H3. The molecule has 0 aliphatic carbocycles. The third kappa shape index (κ3) is 8.34. The molecule has 0 aromatic heterocycles. The Balaban J connectivity index is 2.05. The third-order valence-corrected chi connectivity index (χ3v) is 2.98. The second-order valence-electron chi connectivity index (χ2n) is 4.19. The van der Waals surface area contributed by atoms with E-state index < -0.39 is 6.10 Å². The number of nitrogens with one attached hydrogen (secondary N) is 1. The van der Waals surface area contributed by atoms with E-state index in [1.54, 1.807) is 0 Å². The van der Waals surface area contributed by atoms with Crippen LogP contribution in [-0.4, -0.2) is 44.2 Å². The Morgan fingerprint density at radius 1 is 1.32 bits per heavy atom. The van der Waals surface area contributed by atoms with E-state index in [4.69, 9.17) is 9.47 Å². The van der Waals surface area contributed by atoms with Gasteiger partial charge >= 0.3 is 0 Å². The van der Waals surface area contributed by atoms with Gasteiger partial charge in [-0.15, -0.1) is 0 Å². The van der Waals surface area contributed by atoms with Crippen molar-refractivity contribution in [3.8, 4) is 0 Å². The van der Waals surface area contributed by atoms with E-state index in [1.165, 1.54) is 5.56 Å². The van der Waals surface area contributed by atoms with Crippen molar-refractivity contribution in [1.82, 2.24) is 5.32 Å². The van der Waals surface area contributed by atoms with Gasteiger partial charge in [0.25, 0.3) is 0 Å². The van der Waals surface area contributed by atoms with Gasteiger partial charge in [-0.1, -0.05) is 28.1 Å². The molecule has 1 aromatic rings. The number of halogens is 1. The summed E-state index contributed by atoms with van der Waals surface area (Å²) in [5.74, 6) is 0. The van der Waals surface area contributed by atoms with Crippen LogP contribution in [0.5, 0.6) is 0 Å². The summed E-state index contributed by atoms with van der Waals surface area (Å²) in [6.07, 6.45) is -0.492. The van der Waals surface area contributed by atoms with Gasteiger partial charge < -0.3 is 19.9 Å². The molecule has 0 fully saturated rings. The first-order valence-electron chi connectivity index (χ1n) is 6.51. The summed E-state index contributed by atoms with van der Waals surface area (Å²) < 4.78 is 11.5. The highest BCUT2D eigenvalue weighted by Crippen LogP contribution is 2.11. The second-order valence-corrected chi connectivity index (χ2v) is 5.10. The zero-order chi connectivity index (χ0) is 13.9. The van der Waals surface area contributed by atoms with Gasteiger partial charge in [-0.05, 0) is 24.6 Å². The number of aliphatic hydroxyl groups excluding tert-OH is 1. The molecule has 1 aromatic carbocycles. The van der Waals surface area contributed by atoms with Crippen LogP contribution in [0.1, 0.15) is 12.5 Å². The first-order chi connectivity index (χ1) is 9.22. The van der Waals surface area contributed by atoms with Crippen molar-refractivity contribution < 1.29 is 14.6 Å². The molecular weight excluding hydrogens is 310 g/mol. The van der Waals surface area contributed by atoms with Crippen molar-refractivity contribution in [3.05, 3.63) is 34.3 Å². The van der Waals surface area contributed by atoms with E-state index in [0.29, 0.717) is 33.0 Å². The molecule has 19 heavy (non-hydrogen) atoms. The Bertz CT molecular complexity index is 349. The van der Waals surface area contributed by atoms with Crippen LogP contribution in [0.4, 0.5) is 0 Å². The highest BCUT2D eigenvalue weighted by atomic mass is 79.9. The maximum absolute atomic E-state index is 9.70. The lowest BCUT2D eigenvalue weighted by Crippen LogP contribution is -2.30. The Hall–Kier alpha value is -0.460. The fraction of sp³-hybridized carbons (Fsp3) is 0.571. The number of hydrogen-bond donors (Lipinski definition) is 2. The SMILES string of the molecule is CCOCCOCC(O)CNCc1cccc(Br)c1. The fourth-order valence-electron chi connectivity index (χ4n) is 1.57. The molecule has 0 bridgehead atoms. The average Bonchev–Trinajstić information content (AvgIpc) is 2.38. The van der Waals surface area contributed by atoms with Crippen molar-refractivity contribution in [3.63, 3.8) is 0 Å². The first-order valence-corrected chi connectivity index (χ1v) is 7.30. The number of ether oxygens (including phenoxy) is 2. The minimum Gasteiger partial charge on any atom is -0.389 e. The van der Waals surface area contributed by atoms with E-state index in [-0.39, 0.29) is 0 Å². The molecule has 1 atom stereocenters. The average molecular weight is 332 g/mol. The van der Waals surface area contributed by atoms with E-state index >= 15 is 0 Å². The predicted molar refractivity (Wildman–Crippen MR) is 79.2 cm³/mol. The Morgan fingerprint density at radius 2 is 2.11 bits per heavy atom. The molecule has 1 rings (SSSR count). The van der Waals surface area contributed by atoms with E-state index in [1.807, 2.05) is 25.1 Å². The van der Waals surface area contributed by atoms with Crippen LogP contribution in [0.25, 0.3) is 0 Å². The summed E-state index contributed by atoms with van der Waals surface area (Å²) in [7, 11) is 0. The van der Waals surface area contributed by atoms with E-state index in [0.717, 1.165) is 11.0 Å². The summed E-state index contributed by atoms with van der Waals surface area (Å²) >= 11 is 3.43. The Labute approximate surface area is 123 Å². The van der Waals surface area contributed by atoms with Gasteiger partial charge in [0, 0.05) is 24.2 Å². The van der Waals surface area contributed by atoms with Crippen molar-refractivity contribution in [2.45, 2.75) is 19.6 Å². The summed E-state index contributed by atoms with van der Waals surface area (Å²) in [6, 6.07) is 8.08. The topological polar surface area (TPSA) is 50.7 Å². The lowest BCUT2D eigenvalue weighted by Gasteiger charge is -2.12. The smallest absolute Gasteiger partial charge is 0.0897 e. The van der Waals surface area contributed by atoms with Gasteiger partial charge in [0.1, 0.15) is 0 Å². The number of benzene rings is 1. The minimum absolute atomic E-state index is 0.332. The highest BCUT2D eigenvalue weighted by molar-refractivity contribution is 9.10. The molecule has 0 aliphatic heterocycles. The summed E-state index contributed by atoms with van der Waals surface area (Å²) in [6.45, 7) is 5.32. The zero-order valence-corrected chi connectivity index (χ0v) is 12.9. The quantitative estimate of drug-likeness (QED) is 0.643. The molecule has 0 radical (unpaired) electrons. The summed E-state index contributed by atoms with van der Waals surface area (Å²) in [5, 5.41) is 12.9. The van der Waals surface area contributed by atoms with Gasteiger partial charge in [-0.25, -0.2) is 0 Å². The molecule has 0 aliphatic rings. The molecule has 108 valence electrons. The van der Waals surface area contributed by atoms with Crippen molar-refractivity contribution in [1.29, 1.82) is 0 Å². The maximum atomic E-state index is 9.70. The second kappa shape index (κ2) is 10.3. The molecular formula is C14H22BrNO3. The summed E-state index contributed by atoms with van der Waals surface area (Å²) in [4.78, 5) is 0. The normalized spacial score (nSPS) is 12.6. The van der Waals surface area contributed by atoms with Gasteiger partial charge in [0.15, 0.2) is 0 Å². The van der Waals surface area contributed by atoms with Gasteiger partial charge in [0.2, 0.25) is 0 Å². The molecule has 0 spiro atoms. The largest absolute Gasteiger partial charge is 0.389 e. The molecule has 0 saturated carbocycles. The van der Waals surface area contributed by atoms with Crippen molar-refractivity contribution in [2.24, 2.45) is 0 Å². The maximum Gasteiger partial charge on any atom is 0.0897 e. The van der Waals surface area contributed by atoms with Gasteiger partial charge in [0.05, 0.1) is 25.9 Å². The van der Waals surface area contributed by atoms with Crippen LogP contribution in [0, 0.1) is 0 Å². The number of rotatable bonds is 10. The Kier molecular flexibility index (Phi) is 9.03. The molecule has 1 unspecified atom stereocenters. The summed E-state index contributed by atoms with van der Waals surface area (Å²) in [5.41, 5.74) is 1.18. The zero-order valence-electron chi connectivity index (χ0n) is 11.3. The number of hydrogen-bond acceptors (Lipinski definition) is 4. The van der Waals surface area contributed by atoms with Crippen LogP contribution < -0.4 is 5.32 Å². The molecule has 0 heterocycles. The predicted octanol–water partition coefficient (Wildman–Crippen LogP) is 1.95. The monoisotopic (exact) mass is 331 g/mol. The lowest BCUT2D eigenvalue weighted by molar-refractivity contribution is 0.00642. The van der Waals surface area contributed by atoms with Gasteiger partial charge in [-0.2, -0.15) is 0 Å². The van der Waals surface area contributed by atoms with Crippen LogP contribution >= 0.6 is 15.9 Å². The molecule has 5 heteroatoms. The molecule has 2 N–H and O–H groups in total. The van der Waals surface area contributed by atoms with Gasteiger partial charge in [-0.3, -0.25) is 0 Å². The highest BCUT2D eigenvalue weighted by Gasteiger charge is 2.03. The third-order valence-electron chi connectivity index (χ3n) is 2.48. The van der Waals surface area contributed by atoms with Crippen LogP contribution in [0.3, 0.4) is 0 Å². The molecule has 0 amide bonds. The van der Waals surface area contributed by atoms with Crippen molar-refractivity contribution >= 4 is 15.9 Å². The fourth-order valence-corrected chi connectivity index (χ4v) is 2.02. The van der Waals surface area contributed by atoms with Crippen molar-refractivity contribution in [2.75, 3.05) is 33.0 Å². The van der Waals surface area contributed by atoms with Crippen LogP contribution in [0.2, 0.25) is 0 Å². The lowest BCUT2D eigenvalue weighted by atomic mass is 10.2. The molecule has 0 saturated heterocycles. The van der Waals surface area contributed by atoms with E-state index in [9.17, 15) is 5.11 Å². The Morgan fingerprint density at radius 3 is 2.84 bits per heavy atom. The van der Waals surface area contributed by atoms with E-state index in [2.05, 4.69) is 27.3 Å². The van der Waals surface area contributed by atoms with Crippen LogP contribution in [-0.2, 0) is 16.0 Å². The molecule has 4 nitrogen and oxygen atoms in total. The number of aliphatic hydroxyl groups is 1. The first kappa shape index (κ1) is 16.6. The van der Waals surface area contributed by atoms with Crippen LogP contribution in [0.15, 0.2) is 28.7 Å². The minimum atomic E-state index is -0.492.